The first-order chi connectivity index (χ1) is 7.43. The molecular formula is C13H16INO. The van der Waals surface area contributed by atoms with E-state index in [9.17, 15) is 0 Å². The molecule has 16 heavy (non-hydrogen) atoms. The van der Waals surface area contributed by atoms with Crippen molar-refractivity contribution in [1.29, 1.82) is 5.26 Å². The van der Waals surface area contributed by atoms with E-state index in [1.165, 1.54) is 5.56 Å². The largest absolute Gasteiger partial charge is 0.495 e. The van der Waals surface area contributed by atoms with Gasteiger partial charge in [0.25, 0.3) is 0 Å². The lowest BCUT2D eigenvalue weighted by molar-refractivity contribution is 0.409. The average Bonchev–Trinajstić information content (AvgIpc) is 2.25. The first-order valence-corrected chi connectivity index (χ1v) is 6.64. The number of alkyl halides is 1. The summed E-state index contributed by atoms with van der Waals surface area (Å²) in [5.41, 5.74) is 2.95. The molecule has 1 aromatic rings. The molecule has 0 N–H and O–H groups in total. The van der Waals surface area contributed by atoms with Crippen LogP contribution in [0.25, 0.3) is 0 Å². The smallest absolute Gasteiger partial charge is 0.140 e. The maximum atomic E-state index is 9.13. The van der Waals surface area contributed by atoms with Gasteiger partial charge in [-0.15, -0.1) is 0 Å². The number of rotatable bonds is 2. The molecule has 0 saturated carbocycles. The van der Waals surface area contributed by atoms with E-state index in [4.69, 9.17) is 10.00 Å². The van der Waals surface area contributed by atoms with E-state index in [1.807, 2.05) is 6.07 Å². The monoisotopic (exact) mass is 329 g/mol. The molecule has 0 bridgehead atoms. The van der Waals surface area contributed by atoms with Crippen molar-refractivity contribution >= 4 is 22.6 Å². The number of benzene rings is 1. The van der Waals surface area contributed by atoms with Gasteiger partial charge < -0.3 is 4.74 Å². The summed E-state index contributed by atoms with van der Waals surface area (Å²) in [6.45, 7) is 6.44. The highest BCUT2D eigenvalue weighted by atomic mass is 127. The summed E-state index contributed by atoms with van der Waals surface area (Å²) in [5.74, 6) is 0.713. The van der Waals surface area contributed by atoms with Crippen LogP contribution in [-0.2, 0) is 9.84 Å². The molecule has 0 aliphatic heterocycles. The van der Waals surface area contributed by atoms with Crippen LogP contribution < -0.4 is 4.74 Å². The van der Waals surface area contributed by atoms with E-state index in [0.29, 0.717) is 11.3 Å². The topological polar surface area (TPSA) is 33.0 Å². The molecule has 86 valence electrons. The Bertz CT molecular complexity index is 427. The summed E-state index contributed by atoms with van der Waals surface area (Å²) >= 11 is 2.29. The van der Waals surface area contributed by atoms with Crippen molar-refractivity contribution in [3.05, 3.63) is 28.8 Å². The molecule has 1 aromatic carbocycles. The van der Waals surface area contributed by atoms with Gasteiger partial charge in [0, 0.05) is 9.99 Å². The van der Waals surface area contributed by atoms with Crippen LogP contribution in [0.5, 0.6) is 5.75 Å². The Labute approximate surface area is 111 Å². The zero-order valence-electron chi connectivity index (χ0n) is 10.1. The molecular weight excluding hydrogens is 313 g/mol. The predicted octanol–water partition coefficient (Wildman–Crippen LogP) is 3.80. The maximum absolute atomic E-state index is 9.13. The van der Waals surface area contributed by atoms with Crippen LogP contribution in [-0.4, -0.2) is 7.11 Å². The van der Waals surface area contributed by atoms with Gasteiger partial charge in [-0.25, -0.2) is 0 Å². The van der Waals surface area contributed by atoms with Gasteiger partial charge in [0.15, 0.2) is 0 Å². The fourth-order valence-corrected chi connectivity index (χ4v) is 2.11. The zero-order chi connectivity index (χ0) is 12.3. The van der Waals surface area contributed by atoms with Crippen molar-refractivity contribution < 1.29 is 4.74 Å². The Morgan fingerprint density at radius 2 is 2.00 bits per heavy atom. The fourth-order valence-electron chi connectivity index (χ4n) is 1.55. The summed E-state index contributed by atoms with van der Waals surface area (Å²) in [7, 11) is 1.61. The van der Waals surface area contributed by atoms with Crippen molar-refractivity contribution in [2.45, 2.75) is 30.6 Å². The van der Waals surface area contributed by atoms with Gasteiger partial charge in [-0.05, 0) is 17.0 Å². The van der Waals surface area contributed by atoms with E-state index in [-0.39, 0.29) is 5.41 Å². The molecule has 0 amide bonds. The molecule has 0 fully saturated rings. The van der Waals surface area contributed by atoms with Crippen LogP contribution in [0.4, 0.5) is 0 Å². The molecule has 0 aliphatic carbocycles. The Morgan fingerprint density at radius 3 is 2.38 bits per heavy atom. The SMILES string of the molecule is COc1c(C#N)cc(C(C)(C)C)cc1CI. The van der Waals surface area contributed by atoms with E-state index in [2.05, 4.69) is 55.5 Å². The Kier molecular flexibility index (Phi) is 4.20. The predicted molar refractivity (Wildman–Crippen MR) is 74.1 cm³/mol. The van der Waals surface area contributed by atoms with Crippen LogP contribution in [0, 0.1) is 11.3 Å². The van der Waals surface area contributed by atoms with E-state index >= 15 is 0 Å². The minimum Gasteiger partial charge on any atom is -0.495 e. The molecule has 0 aliphatic rings. The fraction of sp³-hybridized carbons (Fsp3) is 0.462. The summed E-state index contributed by atoms with van der Waals surface area (Å²) in [6, 6.07) is 6.26. The summed E-state index contributed by atoms with van der Waals surface area (Å²) in [5, 5.41) is 9.13. The van der Waals surface area contributed by atoms with Crippen LogP contribution in [0.1, 0.15) is 37.5 Å². The number of hydrogen-bond donors (Lipinski definition) is 0. The maximum Gasteiger partial charge on any atom is 0.140 e. The minimum atomic E-state index is 0.0540. The molecule has 0 saturated heterocycles. The molecule has 0 radical (unpaired) electrons. The average molecular weight is 329 g/mol. The van der Waals surface area contributed by atoms with Gasteiger partial charge >= 0.3 is 0 Å². The van der Waals surface area contributed by atoms with E-state index < -0.39 is 0 Å². The Morgan fingerprint density at radius 1 is 1.38 bits per heavy atom. The summed E-state index contributed by atoms with van der Waals surface area (Å²) in [4.78, 5) is 0. The van der Waals surface area contributed by atoms with Crippen molar-refractivity contribution in [3.8, 4) is 11.8 Å². The number of nitrogens with zero attached hydrogens (tertiary/aromatic N) is 1. The number of nitriles is 1. The zero-order valence-corrected chi connectivity index (χ0v) is 12.3. The number of methoxy groups -OCH3 is 1. The second kappa shape index (κ2) is 5.05. The van der Waals surface area contributed by atoms with Gasteiger partial charge in [0.2, 0.25) is 0 Å². The van der Waals surface area contributed by atoms with Crippen LogP contribution >= 0.6 is 22.6 Å². The highest BCUT2D eigenvalue weighted by Crippen LogP contribution is 2.32. The lowest BCUT2D eigenvalue weighted by atomic mass is 9.85. The van der Waals surface area contributed by atoms with Gasteiger partial charge in [0.1, 0.15) is 11.8 Å². The third-order valence-electron chi connectivity index (χ3n) is 2.50. The minimum absolute atomic E-state index is 0.0540. The van der Waals surface area contributed by atoms with Crippen LogP contribution in [0.2, 0.25) is 0 Å². The van der Waals surface area contributed by atoms with Crippen molar-refractivity contribution in [1.82, 2.24) is 0 Å². The third-order valence-corrected chi connectivity index (χ3v) is 3.32. The molecule has 0 atom stereocenters. The van der Waals surface area contributed by atoms with E-state index in [1.54, 1.807) is 7.11 Å². The highest BCUT2D eigenvalue weighted by Gasteiger charge is 2.18. The quantitative estimate of drug-likeness (QED) is 0.611. The molecule has 0 unspecified atom stereocenters. The lowest BCUT2D eigenvalue weighted by Crippen LogP contribution is -2.12. The first-order valence-electron chi connectivity index (χ1n) is 5.11. The molecule has 0 heterocycles. The number of ether oxygens (including phenoxy) is 1. The highest BCUT2D eigenvalue weighted by molar-refractivity contribution is 14.1. The number of halogens is 1. The van der Waals surface area contributed by atoms with Gasteiger partial charge in [-0.2, -0.15) is 5.26 Å². The normalized spacial score (nSPS) is 11.0. The second-order valence-electron chi connectivity index (χ2n) is 4.71. The van der Waals surface area contributed by atoms with Gasteiger partial charge in [-0.3, -0.25) is 0 Å². The Balaban J connectivity index is 3.45. The molecule has 3 heteroatoms. The van der Waals surface area contributed by atoms with Crippen molar-refractivity contribution in [2.24, 2.45) is 0 Å². The molecule has 0 aromatic heterocycles. The summed E-state index contributed by atoms with van der Waals surface area (Å²) in [6.07, 6.45) is 0. The van der Waals surface area contributed by atoms with Crippen molar-refractivity contribution in [2.75, 3.05) is 7.11 Å². The first kappa shape index (κ1) is 13.3. The van der Waals surface area contributed by atoms with Crippen LogP contribution in [0.3, 0.4) is 0 Å². The second-order valence-corrected chi connectivity index (χ2v) is 5.47. The van der Waals surface area contributed by atoms with Gasteiger partial charge in [-0.1, -0.05) is 49.4 Å². The molecule has 1 rings (SSSR count). The summed E-state index contributed by atoms with van der Waals surface area (Å²) < 4.78 is 6.15. The Hall–Kier alpha value is -0.760. The standard InChI is InChI=1S/C13H16INO/c1-13(2,3)11-5-9(7-14)12(16-4)10(6-11)8-15/h5-6H,7H2,1-4H3. The molecule has 2 nitrogen and oxygen atoms in total. The van der Waals surface area contributed by atoms with Crippen molar-refractivity contribution in [3.63, 3.8) is 0 Å². The van der Waals surface area contributed by atoms with Crippen LogP contribution in [0.15, 0.2) is 12.1 Å². The van der Waals surface area contributed by atoms with Gasteiger partial charge in [0.05, 0.1) is 12.7 Å². The molecule has 0 spiro atoms. The van der Waals surface area contributed by atoms with E-state index in [0.717, 1.165) is 9.99 Å². The number of hydrogen-bond acceptors (Lipinski definition) is 2. The third kappa shape index (κ3) is 2.67. The lowest BCUT2D eigenvalue weighted by Gasteiger charge is -2.21.